The van der Waals surface area contributed by atoms with Crippen LogP contribution in [0.4, 0.5) is 11.8 Å². The van der Waals surface area contributed by atoms with Gasteiger partial charge in [-0.3, -0.25) is 0 Å². The van der Waals surface area contributed by atoms with Gasteiger partial charge in [0, 0.05) is 35.1 Å². The van der Waals surface area contributed by atoms with Crippen molar-refractivity contribution in [1.82, 2.24) is 14.5 Å². The van der Waals surface area contributed by atoms with Crippen LogP contribution in [-0.4, -0.2) is 14.5 Å². The third-order valence-corrected chi connectivity index (χ3v) is 4.47. The summed E-state index contributed by atoms with van der Waals surface area (Å²) >= 11 is 0. The minimum Gasteiger partial charge on any atom is -0.383 e. The zero-order chi connectivity index (χ0) is 19.0. The van der Waals surface area contributed by atoms with E-state index >= 15 is 0 Å². The van der Waals surface area contributed by atoms with Gasteiger partial charge in [0.2, 0.25) is 5.95 Å². The molecule has 0 atom stereocenters. The van der Waals surface area contributed by atoms with Crippen molar-refractivity contribution in [1.29, 1.82) is 0 Å². The van der Waals surface area contributed by atoms with Gasteiger partial charge in [-0.2, -0.15) is 4.98 Å². The fourth-order valence-corrected chi connectivity index (χ4v) is 3.21. The van der Waals surface area contributed by atoms with Gasteiger partial charge in [0.05, 0.1) is 10.9 Å². The predicted octanol–water partition coefficient (Wildman–Crippen LogP) is 3.80. The van der Waals surface area contributed by atoms with Crippen LogP contribution < -0.4 is 11.5 Å². The Labute approximate surface area is 158 Å². The zero-order valence-corrected chi connectivity index (χ0v) is 15.4. The summed E-state index contributed by atoms with van der Waals surface area (Å²) in [4.78, 5) is 8.39. The van der Waals surface area contributed by atoms with Gasteiger partial charge in [-0.1, -0.05) is 37.8 Å². The molecule has 0 saturated heterocycles. The van der Waals surface area contributed by atoms with Crippen molar-refractivity contribution >= 4 is 33.6 Å². The van der Waals surface area contributed by atoms with Gasteiger partial charge in [0.15, 0.2) is 0 Å². The summed E-state index contributed by atoms with van der Waals surface area (Å²) in [7, 11) is 0. The Kier molecular flexibility index (Phi) is 4.17. The first kappa shape index (κ1) is 16.9. The van der Waals surface area contributed by atoms with E-state index in [0.717, 1.165) is 33.9 Å². The fourth-order valence-electron chi connectivity index (χ4n) is 3.21. The van der Waals surface area contributed by atoms with Crippen LogP contribution in [0, 0.1) is 17.8 Å². The number of benzene rings is 2. The molecular weight excluding hydrogens is 334 g/mol. The van der Waals surface area contributed by atoms with Crippen LogP contribution in [-0.2, 0) is 6.54 Å². The Hall–Kier alpha value is -3.52. The molecule has 4 rings (SSSR count). The lowest BCUT2D eigenvalue weighted by Crippen LogP contribution is -2.01. The molecule has 0 aliphatic carbocycles. The van der Waals surface area contributed by atoms with E-state index in [1.807, 2.05) is 12.1 Å². The largest absolute Gasteiger partial charge is 0.383 e. The van der Waals surface area contributed by atoms with E-state index in [4.69, 9.17) is 11.5 Å². The Morgan fingerprint density at radius 1 is 1.00 bits per heavy atom. The summed E-state index contributed by atoms with van der Waals surface area (Å²) in [6.45, 7) is 4.95. The van der Waals surface area contributed by atoms with Crippen LogP contribution in [0.25, 0.3) is 21.8 Å². The molecule has 0 aliphatic rings. The molecule has 0 fully saturated rings. The molecule has 4 aromatic rings. The third kappa shape index (κ3) is 3.30. The summed E-state index contributed by atoms with van der Waals surface area (Å²) < 4.78 is 2.19. The van der Waals surface area contributed by atoms with Gasteiger partial charge in [0.25, 0.3) is 0 Å². The third-order valence-electron chi connectivity index (χ3n) is 4.47. The number of nitrogens with zero attached hydrogens (tertiary/aromatic N) is 3. The van der Waals surface area contributed by atoms with Gasteiger partial charge < -0.3 is 16.0 Å². The monoisotopic (exact) mass is 355 g/mol. The maximum atomic E-state index is 6.10. The van der Waals surface area contributed by atoms with Crippen molar-refractivity contribution in [2.75, 3.05) is 11.5 Å². The number of nitrogen functional groups attached to an aromatic ring is 2. The van der Waals surface area contributed by atoms with E-state index < -0.39 is 0 Å². The summed E-state index contributed by atoms with van der Waals surface area (Å²) in [5.41, 5.74) is 15.9. The van der Waals surface area contributed by atoms with E-state index in [2.05, 4.69) is 76.8 Å². The highest BCUT2D eigenvalue weighted by Crippen LogP contribution is 2.29. The molecule has 134 valence electrons. The molecule has 0 aliphatic heterocycles. The Morgan fingerprint density at radius 3 is 2.52 bits per heavy atom. The summed E-state index contributed by atoms with van der Waals surface area (Å²) in [6, 6.07) is 14.4. The molecule has 2 heterocycles. The molecule has 0 spiro atoms. The Bertz CT molecular complexity index is 1190. The molecule has 2 aromatic heterocycles. The lowest BCUT2D eigenvalue weighted by Gasteiger charge is -2.08. The first-order valence-electron chi connectivity index (χ1n) is 8.92. The van der Waals surface area contributed by atoms with Crippen LogP contribution in [0.5, 0.6) is 0 Å². The first-order chi connectivity index (χ1) is 13.0. The molecule has 0 bridgehead atoms. The van der Waals surface area contributed by atoms with Crippen LogP contribution in [0.15, 0.2) is 48.7 Å². The van der Waals surface area contributed by atoms with E-state index in [-0.39, 0.29) is 5.95 Å². The molecule has 5 heteroatoms. The van der Waals surface area contributed by atoms with E-state index in [1.165, 1.54) is 5.56 Å². The average molecular weight is 355 g/mol. The SMILES string of the molecule is CC(C)C#Cc1ccc(Cn2ccc3c4c(N)nc(N)nc4ccc32)cc1. The Morgan fingerprint density at radius 2 is 1.78 bits per heavy atom. The van der Waals surface area contributed by atoms with Gasteiger partial charge in [0.1, 0.15) is 5.82 Å². The maximum absolute atomic E-state index is 6.10. The van der Waals surface area contributed by atoms with Crippen LogP contribution in [0.2, 0.25) is 0 Å². The second-order valence-corrected chi connectivity index (χ2v) is 6.92. The standard InChI is InChI=1S/C22H21N5/c1-14(2)3-4-15-5-7-16(8-6-15)13-27-12-11-17-19(27)10-9-18-20(17)21(23)26-22(24)25-18/h5-12,14H,13H2,1-2H3,(H4,23,24,25,26). The quantitative estimate of drug-likeness (QED) is 0.536. The molecule has 27 heavy (non-hydrogen) atoms. The van der Waals surface area contributed by atoms with Crippen molar-refractivity contribution in [3.8, 4) is 11.8 Å². The molecular formula is C22H21N5. The molecule has 2 aromatic carbocycles. The predicted molar refractivity (Wildman–Crippen MR) is 111 cm³/mol. The van der Waals surface area contributed by atoms with Crippen LogP contribution in [0.3, 0.4) is 0 Å². The maximum Gasteiger partial charge on any atom is 0.222 e. The van der Waals surface area contributed by atoms with Gasteiger partial charge >= 0.3 is 0 Å². The van der Waals surface area contributed by atoms with E-state index in [0.29, 0.717) is 11.7 Å². The lowest BCUT2D eigenvalue weighted by atomic mass is 10.1. The second kappa shape index (κ2) is 6.65. The summed E-state index contributed by atoms with van der Waals surface area (Å²) in [6.07, 6.45) is 2.06. The van der Waals surface area contributed by atoms with Crippen LogP contribution >= 0.6 is 0 Å². The minimum atomic E-state index is 0.194. The van der Waals surface area contributed by atoms with Crippen LogP contribution in [0.1, 0.15) is 25.0 Å². The number of hydrogen-bond donors (Lipinski definition) is 2. The van der Waals surface area contributed by atoms with Gasteiger partial charge in [-0.25, -0.2) is 4.98 Å². The normalized spacial score (nSPS) is 11.1. The van der Waals surface area contributed by atoms with Crippen molar-refractivity contribution in [2.45, 2.75) is 20.4 Å². The number of nitrogens with two attached hydrogens (primary N) is 2. The number of fused-ring (bicyclic) bond motifs is 3. The van der Waals surface area contributed by atoms with E-state index in [9.17, 15) is 0 Å². The highest BCUT2D eigenvalue weighted by atomic mass is 15.0. The van der Waals surface area contributed by atoms with Crippen molar-refractivity contribution < 1.29 is 0 Å². The fraction of sp³-hybridized carbons (Fsp3) is 0.182. The summed E-state index contributed by atoms with van der Waals surface area (Å²) in [5, 5.41) is 1.88. The molecule has 5 nitrogen and oxygen atoms in total. The highest BCUT2D eigenvalue weighted by Gasteiger charge is 2.11. The van der Waals surface area contributed by atoms with Crippen molar-refractivity contribution in [3.63, 3.8) is 0 Å². The minimum absolute atomic E-state index is 0.194. The molecule has 4 N–H and O–H groups in total. The topological polar surface area (TPSA) is 82.8 Å². The zero-order valence-electron chi connectivity index (χ0n) is 15.4. The number of hydrogen-bond acceptors (Lipinski definition) is 4. The summed E-state index contributed by atoms with van der Waals surface area (Å²) in [5.74, 6) is 7.36. The Balaban J connectivity index is 1.69. The molecule has 0 unspecified atom stereocenters. The number of anilines is 2. The lowest BCUT2D eigenvalue weighted by molar-refractivity contribution is 0.837. The first-order valence-corrected chi connectivity index (χ1v) is 8.92. The van der Waals surface area contributed by atoms with Gasteiger partial charge in [-0.15, -0.1) is 0 Å². The second-order valence-electron chi connectivity index (χ2n) is 6.92. The van der Waals surface area contributed by atoms with E-state index in [1.54, 1.807) is 0 Å². The smallest absolute Gasteiger partial charge is 0.222 e. The average Bonchev–Trinajstić information content (AvgIpc) is 3.03. The number of rotatable bonds is 2. The molecule has 0 amide bonds. The van der Waals surface area contributed by atoms with Gasteiger partial charge in [-0.05, 0) is 35.9 Å². The molecule has 0 radical (unpaired) electrons. The number of aromatic nitrogens is 3. The molecule has 0 saturated carbocycles. The van der Waals surface area contributed by atoms with Crippen molar-refractivity contribution in [2.24, 2.45) is 5.92 Å². The van der Waals surface area contributed by atoms with Crippen molar-refractivity contribution in [3.05, 3.63) is 59.8 Å². The highest BCUT2D eigenvalue weighted by molar-refractivity contribution is 6.10.